The first kappa shape index (κ1) is 13.7. The molecule has 2 rings (SSSR count). The zero-order valence-electron chi connectivity index (χ0n) is 8.92. The summed E-state index contributed by atoms with van der Waals surface area (Å²) in [7, 11) is 0. The van der Waals surface area contributed by atoms with Crippen LogP contribution in [0.2, 0.25) is 0 Å². The van der Waals surface area contributed by atoms with Crippen LogP contribution in [0.3, 0.4) is 0 Å². The molecule has 4 N–H and O–H groups in total. The van der Waals surface area contributed by atoms with E-state index in [0.29, 0.717) is 11.8 Å². The molecule has 0 bridgehead atoms. The second kappa shape index (κ2) is 5.96. The van der Waals surface area contributed by atoms with E-state index in [2.05, 4.69) is 68.5 Å². The first-order valence-electron chi connectivity index (χ1n) is 4.82. The van der Waals surface area contributed by atoms with Crippen LogP contribution in [0.5, 0.6) is 0 Å². The van der Waals surface area contributed by atoms with E-state index in [9.17, 15) is 0 Å². The Morgan fingerprint density at radius 3 is 2.33 bits per heavy atom. The molecule has 1 aromatic carbocycles. The van der Waals surface area contributed by atoms with Gasteiger partial charge in [-0.2, -0.15) is 4.98 Å². The molecule has 0 aliphatic carbocycles. The number of nitrogens with zero attached hydrogens (tertiary/aromatic N) is 2. The lowest BCUT2D eigenvalue weighted by Gasteiger charge is -2.11. The summed E-state index contributed by atoms with van der Waals surface area (Å²) in [5.41, 5.74) is 3.28. The molecule has 0 spiro atoms. The molecule has 0 aliphatic rings. The Bertz CT molecular complexity index is 555. The van der Waals surface area contributed by atoms with E-state index in [1.165, 1.54) is 0 Å². The van der Waals surface area contributed by atoms with E-state index < -0.39 is 0 Å². The van der Waals surface area contributed by atoms with Crippen LogP contribution in [-0.2, 0) is 0 Å². The van der Waals surface area contributed by atoms with Gasteiger partial charge in [-0.1, -0.05) is 6.07 Å². The predicted octanol–water partition coefficient (Wildman–Crippen LogP) is 3.79. The second-order valence-electron chi connectivity index (χ2n) is 3.26. The fourth-order valence-electron chi connectivity index (χ4n) is 1.26. The lowest BCUT2D eigenvalue weighted by molar-refractivity contribution is 1.11. The standard InChI is InChI=1S/C10H8Br3N5/c11-5-2-1-3-6(12)8(5)16-9-7(13)4-15-10(17-9)18-14/h1-4H,14H2,(H2,15,16,17,18). The van der Waals surface area contributed by atoms with Gasteiger partial charge in [0.15, 0.2) is 0 Å². The molecular formula is C10H8Br3N5. The molecule has 0 saturated heterocycles. The Kier molecular flexibility index (Phi) is 4.55. The molecule has 0 saturated carbocycles. The van der Waals surface area contributed by atoms with Crippen LogP contribution in [0.15, 0.2) is 37.8 Å². The number of hydrogen-bond donors (Lipinski definition) is 3. The molecule has 2 aromatic rings. The van der Waals surface area contributed by atoms with Gasteiger partial charge in [0.05, 0.1) is 10.2 Å². The molecule has 0 unspecified atom stereocenters. The van der Waals surface area contributed by atoms with E-state index in [-0.39, 0.29) is 0 Å². The number of nitrogen functional groups attached to an aromatic ring is 1. The molecule has 1 aromatic heterocycles. The smallest absolute Gasteiger partial charge is 0.239 e. The fourth-order valence-corrected chi connectivity index (χ4v) is 2.75. The Balaban J connectivity index is 2.39. The normalized spacial score (nSPS) is 10.2. The summed E-state index contributed by atoms with van der Waals surface area (Å²) >= 11 is 10.3. The van der Waals surface area contributed by atoms with Crippen molar-refractivity contribution in [1.82, 2.24) is 9.97 Å². The molecule has 0 amide bonds. The van der Waals surface area contributed by atoms with Crippen molar-refractivity contribution in [2.75, 3.05) is 10.7 Å². The summed E-state index contributed by atoms with van der Waals surface area (Å²) in [6.45, 7) is 0. The number of para-hydroxylation sites is 1. The Morgan fingerprint density at radius 1 is 1.06 bits per heavy atom. The number of hydrogen-bond acceptors (Lipinski definition) is 5. The third-order valence-corrected chi connectivity index (χ3v) is 3.98. The minimum Gasteiger partial charge on any atom is -0.337 e. The van der Waals surface area contributed by atoms with Crippen LogP contribution >= 0.6 is 47.8 Å². The van der Waals surface area contributed by atoms with Crippen molar-refractivity contribution in [3.8, 4) is 0 Å². The summed E-state index contributed by atoms with van der Waals surface area (Å²) in [6.07, 6.45) is 1.62. The van der Waals surface area contributed by atoms with Crippen molar-refractivity contribution < 1.29 is 0 Å². The number of nitrogens with one attached hydrogen (secondary N) is 2. The zero-order valence-corrected chi connectivity index (χ0v) is 13.7. The minimum atomic E-state index is 0.337. The second-order valence-corrected chi connectivity index (χ2v) is 5.82. The Labute approximate surface area is 129 Å². The fraction of sp³-hybridized carbons (Fsp3) is 0. The van der Waals surface area contributed by atoms with Crippen LogP contribution in [0.4, 0.5) is 17.5 Å². The third kappa shape index (κ3) is 3.00. The number of nitrogens with two attached hydrogens (primary N) is 1. The highest BCUT2D eigenvalue weighted by atomic mass is 79.9. The van der Waals surface area contributed by atoms with E-state index in [4.69, 9.17) is 5.84 Å². The highest BCUT2D eigenvalue weighted by Crippen LogP contribution is 2.34. The van der Waals surface area contributed by atoms with Gasteiger partial charge in [-0.25, -0.2) is 10.8 Å². The van der Waals surface area contributed by atoms with Crippen molar-refractivity contribution in [3.05, 3.63) is 37.8 Å². The number of hydrazine groups is 1. The van der Waals surface area contributed by atoms with E-state index in [1.54, 1.807) is 6.20 Å². The van der Waals surface area contributed by atoms with Crippen molar-refractivity contribution in [2.45, 2.75) is 0 Å². The van der Waals surface area contributed by atoms with Crippen molar-refractivity contribution >= 4 is 65.2 Å². The molecule has 8 heteroatoms. The van der Waals surface area contributed by atoms with Crippen LogP contribution < -0.4 is 16.6 Å². The van der Waals surface area contributed by atoms with Gasteiger partial charge >= 0.3 is 0 Å². The molecule has 0 atom stereocenters. The molecular weight excluding hydrogens is 430 g/mol. The summed E-state index contributed by atoms with van der Waals surface area (Å²) in [6, 6.07) is 5.80. The number of halogens is 3. The average molecular weight is 438 g/mol. The summed E-state index contributed by atoms with van der Waals surface area (Å²) in [5, 5.41) is 3.20. The first-order valence-corrected chi connectivity index (χ1v) is 7.20. The lowest BCUT2D eigenvalue weighted by Crippen LogP contribution is -2.11. The average Bonchev–Trinajstić information content (AvgIpc) is 2.36. The molecule has 0 radical (unpaired) electrons. The minimum absolute atomic E-state index is 0.337. The highest BCUT2D eigenvalue weighted by Gasteiger charge is 2.09. The molecule has 18 heavy (non-hydrogen) atoms. The van der Waals surface area contributed by atoms with Crippen molar-refractivity contribution in [1.29, 1.82) is 0 Å². The number of benzene rings is 1. The number of rotatable bonds is 3. The van der Waals surface area contributed by atoms with Crippen LogP contribution in [0, 0.1) is 0 Å². The third-order valence-electron chi connectivity index (χ3n) is 2.08. The Morgan fingerprint density at radius 2 is 1.72 bits per heavy atom. The van der Waals surface area contributed by atoms with Gasteiger partial charge in [-0.3, -0.25) is 5.43 Å². The number of anilines is 3. The monoisotopic (exact) mass is 435 g/mol. The lowest BCUT2D eigenvalue weighted by atomic mass is 10.3. The molecule has 94 valence electrons. The highest BCUT2D eigenvalue weighted by molar-refractivity contribution is 9.11. The summed E-state index contributed by atoms with van der Waals surface area (Å²) in [5.74, 6) is 6.24. The largest absolute Gasteiger partial charge is 0.337 e. The quantitative estimate of drug-likeness (QED) is 0.503. The van der Waals surface area contributed by atoms with Crippen LogP contribution in [-0.4, -0.2) is 9.97 Å². The number of aromatic nitrogens is 2. The van der Waals surface area contributed by atoms with Gasteiger partial charge in [0.25, 0.3) is 0 Å². The summed E-state index contributed by atoms with van der Waals surface area (Å²) in [4.78, 5) is 8.21. The van der Waals surface area contributed by atoms with Gasteiger partial charge in [0, 0.05) is 15.1 Å². The summed E-state index contributed by atoms with van der Waals surface area (Å²) < 4.78 is 2.58. The van der Waals surface area contributed by atoms with Gasteiger partial charge in [-0.15, -0.1) is 0 Å². The van der Waals surface area contributed by atoms with Gasteiger partial charge in [-0.05, 0) is 59.9 Å². The van der Waals surface area contributed by atoms with E-state index >= 15 is 0 Å². The van der Waals surface area contributed by atoms with Gasteiger partial charge in [0.2, 0.25) is 5.95 Å². The van der Waals surface area contributed by atoms with Gasteiger partial charge in [0.1, 0.15) is 5.82 Å². The van der Waals surface area contributed by atoms with Gasteiger partial charge < -0.3 is 5.32 Å². The molecule has 5 nitrogen and oxygen atoms in total. The Hall–Kier alpha value is -0.700. The van der Waals surface area contributed by atoms with Crippen molar-refractivity contribution in [2.24, 2.45) is 5.84 Å². The van der Waals surface area contributed by atoms with E-state index in [0.717, 1.165) is 19.1 Å². The SMILES string of the molecule is NNc1ncc(Br)c(Nc2c(Br)cccc2Br)n1. The molecule has 0 aliphatic heterocycles. The predicted molar refractivity (Wildman–Crippen MR) is 82.7 cm³/mol. The van der Waals surface area contributed by atoms with Crippen LogP contribution in [0.25, 0.3) is 0 Å². The maximum atomic E-state index is 5.29. The van der Waals surface area contributed by atoms with Crippen molar-refractivity contribution in [3.63, 3.8) is 0 Å². The maximum absolute atomic E-state index is 5.29. The maximum Gasteiger partial charge on any atom is 0.239 e. The first-order chi connectivity index (χ1) is 8.61. The molecule has 1 heterocycles. The molecule has 0 fully saturated rings. The van der Waals surface area contributed by atoms with E-state index in [1.807, 2.05) is 18.2 Å². The topological polar surface area (TPSA) is 75.9 Å². The zero-order chi connectivity index (χ0) is 13.1. The van der Waals surface area contributed by atoms with Crippen LogP contribution in [0.1, 0.15) is 0 Å².